The van der Waals surface area contributed by atoms with Gasteiger partial charge in [0.1, 0.15) is 0 Å². The highest BCUT2D eigenvalue weighted by molar-refractivity contribution is 9.10. The summed E-state index contributed by atoms with van der Waals surface area (Å²) in [6, 6.07) is 2.01. The van der Waals surface area contributed by atoms with Gasteiger partial charge in [0.15, 0.2) is 0 Å². The van der Waals surface area contributed by atoms with Gasteiger partial charge in [-0.05, 0) is 34.4 Å². The van der Waals surface area contributed by atoms with E-state index in [1.54, 1.807) is 18.3 Å². The number of halogens is 1. The molecule has 0 fully saturated rings. The van der Waals surface area contributed by atoms with Gasteiger partial charge in [-0.2, -0.15) is 0 Å². The van der Waals surface area contributed by atoms with Crippen LogP contribution in [0.5, 0.6) is 0 Å². The Morgan fingerprint density at radius 3 is 2.87 bits per heavy atom. The molecule has 0 amide bonds. The molecule has 0 aromatic carbocycles. The predicted molar refractivity (Wildman–Crippen MR) is 65.2 cm³/mol. The van der Waals surface area contributed by atoms with Gasteiger partial charge in [-0.3, -0.25) is 4.79 Å². The zero-order chi connectivity index (χ0) is 11.4. The molecule has 0 radical (unpaired) electrons. The van der Waals surface area contributed by atoms with Crippen molar-refractivity contribution in [3.63, 3.8) is 0 Å². The van der Waals surface area contributed by atoms with E-state index in [1.165, 1.54) is 4.88 Å². The fraction of sp³-hybridized carbons (Fsp3) is 0.500. The van der Waals surface area contributed by atoms with Gasteiger partial charge in [-0.1, -0.05) is 6.92 Å². The third-order valence-electron chi connectivity index (χ3n) is 2.11. The van der Waals surface area contributed by atoms with Crippen molar-refractivity contribution in [1.82, 2.24) is 4.90 Å². The quantitative estimate of drug-likeness (QED) is 0.907. The van der Waals surface area contributed by atoms with Crippen molar-refractivity contribution < 1.29 is 9.90 Å². The van der Waals surface area contributed by atoms with E-state index in [2.05, 4.69) is 15.9 Å². The van der Waals surface area contributed by atoms with Crippen LogP contribution in [0.2, 0.25) is 0 Å². The summed E-state index contributed by atoms with van der Waals surface area (Å²) >= 11 is 5.13. The molecule has 1 aromatic heterocycles. The second-order valence-electron chi connectivity index (χ2n) is 3.63. The van der Waals surface area contributed by atoms with Crippen molar-refractivity contribution in [2.75, 3.05) is 13.6 Å². The number of carbonyl (C=O) groups is 1. The molecule has 1 aromatic rings. The first-order valence-electron chi connectivity index (χ1n) is 4.64. The molecule has 1 N–H and O–H groups in total. The highest BCUT2D eigenvalue weighted by atomic mass is 79.9. The lowest BCUT2D eigenvalue weighted by Gasteiger charge is -2.18. The van der Waals surface area contributed by atoms with Crippen LogP contribution < -0.4 is 0 Å². The number of hydrogen-bond acceptors (Lipinski definition) is 3. The van der Waals surface area contributed by atoms with Crippen LogP contribution in [0.4, 0.5) is 0 Å². The van der Waals surface area contributed by atoms with E-state index >= 15 is 0 Å². The van der Waals surface area contributed by atoms with Crippen molar-refractivity contribution in [3.05, 3.63) is 20.8 Å². The summed E-state index contributed by atoms with van der Waals surface area (Å²) in [5.74, 6) is -1.07. The Morgan fingerprint density at radius 1 is 1.73 bits per heavy atom. The molecule has 0 saturated heterocycles. The summed E-state index contributed by atoms with van der Waals surface area (Å²) in [7, 11) is 1.94. The first-order chi connectivity index (χ1) is 7.00. The maximum Gasteiger partial charge on any atom is 0.307 e. The molecular weight excluding hydrogens is 278 g/mol. The van der Waals surface area contributed by atoms with E-state index in [4.69, 9.17) is 5.11 Å². The summed E-state index contributed by atoms with van der Waals surface area (Å²) in [6.07, 6.45) is 0. The minimum Gasteiger partial charge on any atom is -0.481 e. The monoisotopic (exact) mass is 291 g/mol. The summed E-state index contributed by atoms with van der Waals surface area (Å²) in [5, 5.41) is 10.8. The van der Waals surface area contributed by atoms with Gasteiger partial charge in [0.25, 0.3) is 0 Å². The molecule has 0 saturated carbocycles. The molecule has 1 unspecified atom stereocenters. The van der Waals surface area contributed by atoms with Crippen molar-refractivity contribution in [1.29, 1.82) is 0 Å². The van der Waals surface area contributed by atoms with Gasteiger partial charge < -0.3 is 10.0 Å². The summed E-state index contributed by atoms with van der Waals surface area (Å²) < 4.78 is 1.10. The Labute approximate surface area is 102 Å². The predicted octanol–water partition coefficient (Wildman–Crippen LogP) is 2.66. The number of aliphatic carboxylic acids is 1. The minimum atomic E-state index is -0.743. The molecule has 1 rings (SSSR count). The number of carboxylic acid groups (broad SMARTS) is 1. The van der Waals surface area contributed by atoms with Crippen LogP contribution in [0.25, 0.3) is 0 Å². The Morgan fingerprint density at radius 2 is 2.40 bits per heavy atom. The molecule has 0 aliphatic carbocycles. The molecule has 0 aliphatic heterocycles. The first-order valence-corrected chi connectivity index (χ1v) is 6.31. The minimum absolute atomic E-state index is 0.325. The summed E-state index contributed by atoms with van der Waals surface area (Å²) in [4.78, 5) is 13.9. The second kappa shape index (κ2) is 5.63. The second-order valence-corrected chi connectivity index (χ2v) is 5.48. The van der Waals surface area contributed by atoms with Crippen LogP contribution in [0.1, 0.15) is 11.8 Å². The number of hydrogen-bond donors (Lipinski definition) is 1. The lowest BCUT2D eigenvalue weighted by Crippen LogP contribution is -2.28. The fourth-order valence-electron chi connectivity index (χ4n) is 1.29. The Hall–Kier alpha value is -0.390. The van der Waals surface area contributed by atoms with Gasteiger partial charge in [-0.15, -0.1) is 11.3 Å². The van der Waals surface area contributed by atoms with E-state index in [-0.39, 0.29) is 5.92 Å². The average molecular weight is 292 g/mol. The summed E-state index contributed by atoms with van der Waals surface area (Å²) in [5.41, 5.74) is 0. The van der Waals surface area contributed by atoms with Crippen molar-refractivity contribution in [2.24, 2.45) is 5.92 Å². The molecule has 0 bridgehead atoms. The van der Waals surface area contributed by atoms with Gasteiger partial charge in [0, 0.05) is 22.4 Å². The largest absolute Gasteiger partial charge is 0.481 e. The van der Waals surface area contributed by atoms with Gasteiger partial charge in [0.2, 0.25) is 0 Å². The normalized spacial score (nSPS) is 13.1. The molecule has 1 heterocycles. The van der Waals surface area contributed by atoms with Crippen LogP contribution in [-0.4, -0.2) is 29.6 Å². The van der Waals surface area contributed by atoms with Crippen molar-refractivity contribution in [2.45, 2.75) is 13.5 Å². The topological polar surface area (TPSA) is 40.5 Å². The number of rotatable bonds is 5. The van der Waals surface area contributed by atoms with Crippen LogP contribution >= 0.6 is 27.3 Å². The standard InChI is InChI=1S/C10H14BrNO2S/c1-7(10(13)14)5-12(2)6-9-8(11)3-4-15-9/h3-4,7H,5-6H2,1-2H3,(H,13,14). The Balaban J connectivity index is 2.46. The Kier molecular flexibility index (Phi) is 4.76. The van der Waals surface area contributed by atoms with E-state index in [0.29, 0.717) is 6.54 Å². The third-order valence-corrected chi connectivity index (χ3v) is 4.02. The van der Waals surface area contributed by atoms with Crippen LogP contribution in [-0.2, 0) is 11.3 Å². The Bertz CT molecular complexity index is 340. The van der Waals surface area contributed by atoms with Gasteiger partial charge >= 0.3 is 5.97 Å². The van der Waals surface area contributed by atoms with E-state index < -0.39 is 5.97 Å². The van der Waals surface area contributed by atoms with Crippen molar-refractivity contribution in [3.8, 4) is 0 Å². The van der Waals surface area contributed by atoms with Crippen LogP contribution in [0, 0.1) is 5.92 Å². The highest BCUT2D eigenvalue weighted by Gasteiger charge is 2.14. The molecule has 0 spiro atoms. The van der Waals surface area contributed by atoms with Gasteiger partial charge in [0.05, 0.1) is 5.92 Å². The highest BCUT2D eigenvalue weighted by Crippen LogP contribution is 2.23. The van der Waals surface area contributed by atoms with E-state index in [1.807, 2.05) is 23.4 Å². The molecule has 5 heteroatoms. The number of carboxylic acids is 1. The van der Waals surface area contributed by atoms with E-state index in [0.717, 1.165) is 11.0 Å². The number of nitrogens with zero attached hydrogens (tertiary/aromatic N) is 1. The number of thiophene rings is 1. The fourth-order valence-corrected chi connectivity index (χ4v) is 2.85. The van der Waals surface area contributed by atoms with E-state index in [9.17, 15) is 4.79 Å². The maximum atomic E-state index is 10.7. The summed E-state index contributed by atoms with van der Waals surface area (Å²) in [6.45, 7) is 3.08. The van der Waals surface area contributed by atoms with Gasteiger partial charge in [-0.25, -0.2) is 0 Å². The molecule has 3 nitrogen and oxygen atoms in total. The van der Waals surface area contributed by atoms with Crippen LogP contribution in [0.15, 0.2) is 15.9 Å². The molecular formula is C10H14BrNO2S. The smallest absolute Gasteiger partial charge is 0.307 e. The SMILES string of the molecule is CC(CN(C)Cc1sccc1Br)C(=O)O. The molecule has 15 heavy (non-hydrogen) atoms. The zero-order valence-electron chi connectivity index (χ0n) is 8.74. The van der Waals surface area contributed by atoms with Crippen molar-refractivity contribution >= 4 is 33.2 Å². The molecule has 0 aliphatic rings. The molecule has 84 valence electrons. The molecule has 1 atom stereocenters. The average Bonchev–Trinajstić information content (AvgIpc) is 2.51. The maximum absolute atomic E-state index is 10.7. The lowest BCUT2D eigenvalue weighted by molar-refractivity contribution is -0.141. The third kappa shape index (κ3) is 3.93. The first kappa shape index (κ1) is 12.7. The van der Waals surface area contributed by atoms with Crippen LogP contribution in [0.3, 0.4) is 0 Å². The lowest BCUT2D eigenvalue weighted by atomic mass is 10.2. The zero-order valence-corrected chi connectivity index (χ0v) is 11.1.